The molecule has 2 fully saturated rings. The topological polar surface area (TPSA) is 53.1 Å². The Morgan fingerprint density at radius 1 is 0.906 bits per heavy atom. The number of anilines is 1. The second-order valence-electron chi connectivity index (χ2n) is 8.45. The van der Waals surface area contributed by atoms with E-state index in [1.165, 1.54) is 4.90 Å². The van der Waals surface area contributed by atoms with Crippen molar-refractivity contribution in [3.8, 4) is 5.75 Å². The third-order valence-electron chi connectivity index (χ3n) is 6.45. The number of benzene rings is 2. The maximum Gasteiger partial charge on any atom is 0.229 e. The Labute approximate surface area is 194 Å². The lowest BCUT2D eigenvalue weighted by Crippen LogP contribution is -2.48. The Kier molecular flexibility index (Phi) is 7.33. The predicted molar refractivity (Wildman–Crippen MR) is 126 cm³/mol. The Morgan fingerprint density at radius 2 is 1.56 bits per heavy atom. The Bertz CT molecular complexity index is 924. The van der Waals surface area contributed by atoms with Crippen molar-refractivity contribution in [2.24, 2.45) is 0 Å². The van der Waals surface area contributed by atoms with E-state index in [-0.39, 0.29) is 17.7 Å². The molecule has 0 aromatic heterocycles. The van der Waals surface area contributed by atoms with Gasteiger partial charge in [-0.2, -0.15) is 0 Å². The van der Waals surface area contributed by atoms with Crippen LogP contribution in [0.15, 0.2) is 48.5 Å². The Balaban J connectivity index is 1.22. The molecule has 7 heteroatoms. The predicted octanol–water partition coefficient (Wildman–Crippen LogP) is 3.79. The van der Waals surface area contributed by atoms with Crippen LogP contribution in [0.2, 0.25) is 5.02 Å². The first-order valence-corrected chi connectivity index (χ1v) is 11.6. The number of methoxy groups -OCH3 is 1. The number of halogens is 1. The first kappa shape index (κ1) is 22.6. The molecule has 2 aliphatic rings. The number of piperazine rings is 1. The van der Waals surface area contributed by atoms with Crippen LogP contribution in [0, 0.1) is 0 Å². The average molecular weight is 456 g/mol. The highest BCUT2D eigenvalue weighted by Crippen LogP contribution is 2.31. The zero-order valence-electron chi connectivity index (χ0n) is 18.5. The van der Waals surface area contributed by atoms with Crippen LogP contribution in [0.5, 0.6) is 5.75 Å². The highest BCUT2D eigenvalue weighted by Gasteiger charge is 2.33. The van der Waals surface area contributed by atoms with Gasteiger partial charge in [0.2, 0.25) is 11.8 Å². The fourth-order valence-electron chi connectivity index (χ4n) is 4.59. The van der Waals surface area contributed by atoms with Crippen LogP contribution in [0.25, 0.3) is 0 Å². The van der Waals surface area contributed by atoms with Crippen LogP contribution in [0.1, 0.15) is 30.7 Å². The van der Waals surface area contributed by atoms with E-state index in [9.17, 15) is 9.59 Å². The van der Waals surface area contributed by atoms with Crippen molar-refractivity contribution in [1.29, 1.82) is 0 Å². The molecule has 2 amide bonds. The fraction of sp³-hybridized carbons (Fsp3) is 0.440. The largest absolute Gasteiger partial charge is 0.497 e. The van der Waals surface area contributed by atoms with Crippen LogP contribution in [0.4, 0.5) is 5.69 Å². The van der Waals surface area contributed by atoms with E-state index < -0.39 is 0 Å². The normalized spacial score (nSPS) is 18.3. The average Bonchev–Trinajstić information content (AvgIpc) is 2.81. The van der Waals surface area contributed by atoms with Crippen LogP contribution in [-0.4, -0.2) is 68.0 Å². The van der Waals surface area contributed by atoms with Gasteiger partial charge in [0.1, 0.15) is 5.75 Å². The maximum atomic E-state index is 12.7. The SMILES string of the molecule is COc1ccc(C2CC(=O)N(CCCN3CCN(c4ccccc4Cl)CC3)C(=O)C2)cc1. The van der Waals surface area contributed by atoms with Crippen LogP contribution in [0.3, 0.4) is 0 Å². The molecule has 0 saturated carbocycles. The van der Waals surface area contributed by atoms with E-state index >= 15 is 0 Å². The van der Waals surface area contributed by atoms with Crippen molar-refractivity contribution in [2.75, 3.05) is 51.3 Å². The molecule has 170 valence electrons. The Hall–Kier alpha value is -2.57. The zero-order chi connectivity index (χ0) is 22.5. The quantitative estimate of drug-likeness (QED) is 0.594. The molecule has 2 heterocycles. The van der Waals surface area contributed by atoms with E-state index in [1.807, 2.05) is 42.5 Å². The number of ether oxygens (including phenoxy) is 1. The van der Waals surface area contributed by atoms with Gasteiger partial charge in [-0.1, -0.05) is 35.9 Å². The summed E-state index contributed by atoms with van der Waals surface area (Å²) in [5, 5.41) is 0.788. The molecular weight excluding hydrogens is 426 g/mol. The zero-order valence-corrected chi connectivity index (χ0v) is 19.3. The number of para-hydroxylation sites is 1. The van der Waals surface area contributed by atoms with Crippen molar-refractivity contribution in [3.05, 3.63) is 59.1 Å². The number of carbonyl (C=O) groups excluding carboxylic acids is 2. The van der Waals surface area contributed by atoms with Crippen molar-refractivity contribution < 1.29 is 14.3 Å². The van der Waals surface area contributed by atoms with Gasteiger partial charge >= 0.3 is 0 Å². The van der Waals surface area contributed by atoms with E-state index in [0.29, 0.717) is 19.4 Å². The summed E-state index contributed by atoms with van der Waals surface area (Å²) >= 11 is 6.32. The number of hydrogen-bond donors (Lipinski definition) is 0. The van der Waals surface area contributed by atoms with Crippen LogP contribution in [-0.2, 0) is 9.59 Å². The summed E-state index contributed by atoms with van der Waals surface area (Å²) in [6, 6.07) is 15.6. The number of hydrogen-bond acceptors (Lipinski definition) is 5. The molecule has 2 aliphatic heterocycles. The summed E-state index contributed by atoms with van der Waals surface area (Å²) < 4.78 is 5.19. The van der Waals surface area contributed by atoms with Crippen molar-refractivity contribution in [3.63, 3.8) is 0 Å². The van der Waals surface area contributed by atoms with Crippen molar-refractivity contribution in [2.45, 2.75) is 25.2 Å². The summed E-state index contributed by atoms with van der Waals surface area (Å²) in [5.41, 5.74) is 2.10. The Morgan fingerprint density at radius 3 is 2.19 bits per heavy atom. The lowest BCUT2D eigenvalue weighted by Gasteiger charge is -2.37. The van der Waals surface area contributed by atoms with Crippen LogP contribution < -0.4 is 9.64 Å². The molecule has 2 aromatic carbocycles. The summed E-state index contributed by atoms with van der Waals surface area (Å²) in [6.45, 7) is 5.13. The molecule has 2 saturated heterocycles. The van der Waals surface area contributed by atoms with Gasteiger partial charge in [0, 0.05) is 51.5 Å². The van der Waals surface area contributed by atoms with Crippen molar-refractivity contribution >= 4 is 29.1 Å². The summed E-state index contributed by atoms with van der Waals surface area (Å²) in [4.78, 5) is 31.5. The van der Waals surface area contributed by atoms with E-state index in [0.717, 1.165) is 61.2 Å². The van der Waals surface area contributed by atoms with Gasteiger partial charge in [-0.25, -0.2) is 0 Å². The van der Waals surface area contributed by atoms with Gasteiger partial charge in [-0.05, 0) is 42.8 Å². The van der Waals surface area contributed by atoms with Gasteiger partial charge in [0.05, 0.1) is 17.8 Å². The molecule has 0 bridgehead atoms. The van der Waals surface area contributed by atoms with Gasteiger partial charge < -0.3 is 9.64 Å². The van der Waals surface area contributed by atoms with E-state index in [2.05, 4.69) is 15.9 Å². The molecule has 2 aromatic rings. The van der Waals surface area contributed by atoms with Gasteiger partial charge in [-0.3, -0.25) is 19.4 Å². The minimum absolute atomic E-state index is 0.0463. The summed E-state index contributed by atoms with van der Waals surface area (Å²) in [6.07, 6.45) is 1.57. The first-order valence-electron chi connectivity index (χ1n) is 11.2. The summed E-state index contributed by atoms with van der Waals surface area (Å²) in [5.74, 6) is 0.600. The lowest BCUT2D eigenvalue weighted by atomic mass is 9.88. The van der Waals surface area contributed by atoms with Crippen molar-refractivity contribution in [1.82, 2.24) is 9.80 Å². The second kappa shape index (κ2) is 10.4. The number of rotatable bonds is 7. The standard InChI is InChI=1S/C25H30ClN3O3/c1-32-21-9-7-19(8-10-21)20-17-24(30)29(25(31)18-20)12-4-11-27-13-15-28(16-14-27)23-6-3-2-5-22(23)26/h2-3,5-10,20H,4,11-18H2,1H3. The highest BCUT2D eigenvalue weighted by atomic mass is 35.5. The minimum Gasteiger partial charge on any atom is -0.497 e. The minimum atomic E-state index is -0.0643. The molecule has 0 unspecified atom stereocenters. The number of likely N-dealkylation sites (tertiary alicyclic amines) is 1. The molecule has 0 N–H and O–H groups in total. The number of piperidine rings is 1. The number of amides is 2. The van der Waals surface area contributed by atoms with E-state index in [1.54, 1.807) is 7.11 Å². The monoisotopic (exact) mass is 455 g/mol. The number of imide groups is 1. The maximum absolute atomic E-state index is 12.7. The summed E-state index contributed by atoms with van der Waals surface area (Å²) in [7, 11) is 1.62. The fourth-order valence-corrected chi connectivity index (χ4v) is 4.84. The van der Waals surface area contributed by atoms with Gasteiger partial charge in [0.25, 0.3) is 0 Å². The lowest BCUT2D eigenvalue weighted by molar-refractivity contribution is -0.148. The number of carbonyl (C=O) groups is 2. The molecule has 0 atom stereocenters. The van der Waals surface area contributed by atoms with Gasteiger partial charge in [-0.15, -0.1) is 0 Å². The van der Waals surface area contributed by atoms with E-state index in [4.69, 9.17) is 16.3 Å². The molecular formula is C25H30ClN3O3. The molecule has 0 aliphatic carbocycles. The smallest absolute Gasteiger partial charge is 0.229 e. The molecule has 4 rings (SSSR count). The van der Waals surface area contributed by atoms with Gasteiger partial charge in [0.15, 0.2) is 0 Å². The third-order valence-corrected chi connectivity index (χ3v) is 6.77. The molecule has 0 radical (unpaired) electrons. The molecule has 0 spiro atoms. The molecule has 6 nitrogen and oxygen atoms in total. The number of nitrogens with zero attached hydrogens (tertiary/aromatic N) is 3. The first-order chi connectivity index (χ1) is 15.5. The second-order valence-corrected chi connectivity index (χ2v) is 8.86. The highest BCUT2D eigenvalue weighted by molar-refractivity contribution is 6.33. The third kappa shape index (κ3) is 5.25. The molecule has 32 heavy (non-hydrogen) atoms. The van der Waals surface area contributed by atoms with Crippen LogP contribution >= 0.6 is 11.6 Å².